The molecule has 2 rings (SSSR count). The van der Waals surface area contributed by atoms with Crippen LogP contribution in [0.3, 0.4) is 0 Å². The summed E-state index contributed by atoms with van der Waals surface area (Å²) in [7, 11) is 0. The van der Waals surface area contributed by atoms with E-state index in [1.807, 2.05) is 6.92 Å². The van der Waals surface area contributed by atoms with E-state index in [4.69, 9.17) is 0 Å². The summed E-state index contributed by atoms with van der Waals surface area (Å²) in [5.41, 5.74) is 2.17. The van der Waals surface area contributed by atoms with Gasteiger partial charge in [-0.1, -0.05) is 0 Å². The van der Waals surface area contributed by atoms with E-state index in [1.54, 1.807) is 22.7 Å². The smallest absolute Gasteiger partial charge is 0.107 e. The van der Waals surface area contributed by atoms with Crippen LogP contribution in [0, 0.1) is 13.8 Å². The highest BCUT2D eigenvalue weighted by Crippen LogP contribution is 2.28. The summed E-state index contributed by atoms with van der Waals surface area (Å²) >= 11 is 3.42. The van der Waals surface area contributed by atoms with Crippen molar-refractivity contribution >= 4 is 22.7 Å². The topological polar surface area (TPSA) is 37.8 Å². The molecule has 0 aliphatic heterocycles. The van der Waals surface area contributed by atoms with Crippen molar-refractivity contribution in [2.45, 2.75) is 46.7 Å². The number of thiazole rings is 2. The molecule has 0 fully saturated rings. The van der Waals surface area contributed by atoms with Gasteiger partial charge in [-0.15, -0.1) is 22.7 Å². The van der Waals surface area contributed by atoms with Crippen molar-refractivity contribution in [1.82, 2.24) is 15.3 Å². The first kappa shape index (κ1) is 13.6. The molecule has 0 aliphatic rings. The number of rotatable bonds is 3. The largest absolute Gasteiger partial charge is 0.306 e. The molecule has 0 atom stereocenters. The number of nitrogens with zero attached hydrogens (tertiary/aromatic N) is 2. The molecule has 98 valence electrons. The lowest BCUT2D eigenvalue weighted by Gasteiger charge is -2.19. The molecule has 18 heavy (non-hydrogen) atoms. The third-order valence-corrected chi connectivity index (χ3v) is 4.20. The van der Waals surface area contributed by atoms with Crippen LogP contribution in [0.4, 0.5) is 0 Å². The normalized spacial score (nSPS) is 12.1. The van der Waals surface area contributed by atoms with Crippen LogP contribution in [0.15, 0.2) is 5.38 Å². The van der Waals surface area contributed by atoms with Crippen LogP contribution in [0.25, 0.3) is 11.4 Å². The van der Waals surface area contributed by atoms with E-state index in [0.717, 1.165) is 27.9 Å². The molecule has 2 aromatic rings. The van der Waals surface area contributed by atoms with Crippen LogP contribution >= 0.6 is 22.7 Å². The van der Waals surface area contributed by atoms with Crippen LogP contribution in [0.2, 0.25) is 0 Å². The van der Waals surface area contributed by atoms with E-state index in [2.05, 4.69) is 48.4 Å². The Bertz CT molecular complexity index is 535. The lowest BCUT2D eigenvalue weighted by atomic mass is 10.1. The zero-order chi connectivity index (χ0) is 13.3. The molecular formula is C13H19N3S2. The minimum atomic E-state index is 0.124. The maximum absolute atomic E-state index is 4.66. The van der Waals surface area contributed by atoms with Crippen LogP contribution in [0.5, 0.6) is 0 Å². The molecule has 5 heteroatoms. The lowest BCUT2D eigenvalue weighted by molar-refractivity contribution is 0.424. The molecule has 0 unspecified atom stereocenters. The van der Waals surface area contributed by atoms with E-state index in [1.165, 1.54) is 4.88 Å². The summed E-state index contributed by atoms with van der Waals surface area (Å²) in [6.45, 7) is 11.4. The summed E-state index contributed by atoms with van der Waals surface area (Å²) in [6, 6.07) is 0. The Morgan fingerprint density at radius 1 is 1.22 bits per heavy atom. The zero-order valence-electron chi connectivity index (χ0n) is 11.5. The van der Waals surface area contributed by atoms with Crippen LogP contribution in [0.1, 0.15) is 35.7 Å². The van der Waals surface area contributed by atoms with Crippen LogP contribution < -0.4 is 5.32 Å². The Hall–Kier alpha value is -0.780. The lowest BCUT2D eigenvalue weighted by Crippen LogP contribution is -2.34. The summed E-state index contributed by atoms with van der Waals surface area (Å²) < 4.78 is 0. The van der Waals surface area contributed by atoms with Gasteiger partial charge in [-0.05, 0) is 34.6 Å². The molecule has 0 aromatic carbocycles. The second kappa shape index (κ2) is 5.07. The second-order valence-corrected chi connectivity index (χ2v) is 7.72. The van der Waals surface area contributed by atoms with Crippen molar-refractivity contribution in [3.63, 3.8) is 0 Å². The van der Waals surface area contributed by atoms with Crippen LogP contribution in [-0.2, 0) is 6.54 Å². The number of hydrogen-bond acceptors (Lipinski definition) is 5. The van der Waals surface area contributed by atoms with E-state index in [0.29, 0.717) is 0 Å². The molecule has 2 heterocycles. The first-order chi connectivity index (χ1) is 8.35. The van der Waals surface area contributed by atoms with E-state index < -0.39 is 0 Å². The van der Waals surface area contributed by atoms with E-state index in [-0.39, 0.29) is 5.54 Å². The Morgan fingerprint density at radius 2 is 1.94 bits per heavy atom. The number of aromatic nitrogens is 2. The maximum Gasteiger partial charge on any atom is 0.107 e. The monoisotopic (exact) mass is 281 g/mol. The van der Waals surface area contributed by atoms with Crippen molar-refractivity contribution < 1.29 is 0 Å². The fourth-order valence-corrected chi connectivity index (χ4v) is 3.15. The highest BCUT2D eigenvalue weighted by Gasteiger charge is 2.13. The molecule has 2 aromatic heterocycles. The minimum absolute atomic E-state index is 0.124. The van der Waals surface area contributed by atoms with Gasteiger partial charge in [0, 0.05) is 22.3 Å². The standard InChI is InChI=1S/C13H19N3S2/c1-8-12(15-9(2)18-8)10-7-17-11(16-10)6-14-13(3,4)5/h7,14H,6H2,1-5H3. The van der Waals surface area contributed by atoms with E-state index >= 15 is 0 Å². The summed E-state index contributed by atoms with van der Waals surface area (Å²) in [4.78, 5) is 10.4. The SMILES string of the molecule is Cc1nc(-c2csc(CNC(C)(C)C)n2)c(C)s1. The Morgan fingerprint density at radius 3 is 2.50 bits per heavy atom. The van der Waals surface area contributed by atoms with Crippen molar-refractivity contribution in [2.75, 3.05) is 0 Å². The first-order valence-corrected chi connectivity index (χ1v) is 7.68. The van der Waals surface area contributed by atoms with Crippen molar-refractivity contribution in [3.8, 4) is 11.4 Å². The molecule has 3 nitrogen and oxygen atoms in total. The van der Waals surface area contributed by atoms with Crippen molar-refractivity contribution in [3.05, 3.63) is 20.3 Å². The molecule has 0 spiro atoms. The summed E-state index contributed by atoms with van der Waals surface area (Å²) in [5.74, 6) is 0. The predicted octanol–water partition coefficient (Wildman–Crippen LogP) is 3.77. The second-order valence-electron chi connectivity index (χ2n) is 5.37. The first-order valence-electron chi connectivity index (χ1n) is 5.99. The molecular weight excluding hydrogens is 262 g/mol. The fourth-order valence-electron chi connectivity index (χ4n) is 1.61. The van der Waals surface area contributed by atoms with Gasteiger partial charge < -0.3 is 5.32 Å². The molecule has 0 saturated carbocycles. The predicted molar refractivity (Wildman–Crippen MR) is 79.3 cm³/mol. The molecule has 1 N–H and O–H groups in total. The number of hydrogen-bond donors (Lipinski definition) is 1. The molecule has 0 radical (unpaired) electrons. The fraction of sp³-hybridized carbons (Fsp3) is 0.538. The summed E-state index contributed by atoms with van der Waals surface area (Å²) in [6.07, 6.45) is 0. The van der Waals surface area contributed by atoms with Gasteiger partial charge in [0.05, 0.1) is 5.01 Å². The van der Waals surface area contributed by atoms with Gasteiger partial charge >= 0.3 is 0 Å². The third kappa shape index (κ3) is 3.37. The molecule has 0 aliphatic carbocycles. The summed E-state index contributed by atoms with van der Waals surface area (Å²) in [5, 5.41) is 7.77. The van der Waals surface area contributed by atoms with E-state index in [9.17, 15) is 0 Å². The van der Waals surface area contributed by atoms with Crippen LogP contribution in [-0.4, -0.2) is 15.5 Å². The zero-order valence-corrected chi connectivity index (χ0v) is 13.1. The van der Waals surface area contributed by atoms with Gasteiger partial charge in [-0.2, -0.15) is 0 Å². The van der Waals surface area contributed by atoms with Gasteiger partial charge in [-0.3, -0.25) is 0 Å². The minimum Gasteiger partial charge on any atom is -0.306 e. The van der Waals surface area contributed by atoms with Gasteiger partial charge in [-0.25, -0.2) is 9.97 Å². The number of nitrogens with one attached hydrogen (secondary N) is 1. The Balaban J connectivity index is 2.13. The third-order valence-electron chi connectivity index (χ3n) is 2.47. The highest BCUT2D eigenvalue weighted by atomic mass is 32.1. The Kier molecular flexibility index (Phi) is 3.84. The van der Waals surface area contributed by atoms with Gasteiger partial charge in [0.1, 0.15) is 16.4 Å². The quantitative estimate of drug-likeness (QED) is 0.930. The maximum atomic E-state index is 4.66. The van der Waals surface area contributed by atoms with Gasteiger partial charge in [0.25, 0.3) is 0 Å². The molecule has 0 saturated heterocycles. The number of aryl methyl sites for hydroxylation is 2. The van der Waals surface area contributed by atoms with Gasteiger partial charge in [0.15, 0.2) is 0 Å². The van der Waals surface area contributed by atoms with Gasteiger partial charge in [0.2, 0.25) is 0 Å². The average molecular weight is 281 g/mol. The van der Waals surface area contributed by atoms with Crippen molar-refractivity contribution in [1.29, 1.82) is 0 Å². The highest BCUT2D eigenvalue weighted by molar-refractivity contribution is 7.12. The molecule has 0 amide bonds. The van der Waals surface area contributed by atoms with Crippen molar-refractivity contribution in [2.24, 2.45) is 0 Å². The Labute approximate surface area is 116 Å². The average Bonchev–Trinajstić information content (AvgIpc) is 2.81. The molecule has 0 bridgehead atoms.